The predicted molar refractivity (Wildman–Crippen MR) is 83.5 cm³/mol. The molecule has 1 aliphatic heterocycles. The molecule has 1 amide bonds. The van der Waals surface area contributed by atoms with E-state index in [0.29, 0.717) is 13.0 Å². The van der Waals surface area contributed by atoms with E-state index in [4.69, 9.17) is 14.2 Å². The molecule has 7 heteroatoms. The van der Waals surface area contributed by atoms with Crippen LogP contribution in [-0.4, -0.2) is 50.3 Å². The normalized spacial score (nSPS) is 22.7. The second-order valence-corrected chi connectivity index (χ2v) is 7.23. The number of hydrogen-bond acceptors (Lipinski definition) is 6. The Morgan fingerprint density at radius 1 is 1.52 bits per heavy atom. The van der Waals surface area contributed by atoms with Crippen LogP contribution in [0.2, 0.25) is 0 Å². The van der Waals surface area contributed by atoms with Crippen molar-refractivity contribution in [2.24, 2.45) is 0 Å². The molecule has 2 rings (SSSR count). The van der Waals surface area contributed by atoms with Gasteiger partial charge in [0.15, 0.2) is 0 Å². The first-order chi connectivity index (χ1) is 10.1. The maximum atomic E-state index is 12.2. The molecule has 0 fully saturated rings. The van der Waals surface area contributed by atoms with E-state index in [-0.39, 0.29) is 17.3 Å². The van der Waals surface area contributed by atoms with Crippen molar-refractivity contribution in [1.29, 1.82) is 0 Å². The first-order valence-corrected chi connectivity index (χ1v) is 8.57. The minimum absolute atomic E-state index is 0.109. The molecule has 0 radical (unpaired) electrons. The molecule has 0 N–H and O–H groups in total. The monoisotopic (exact) mass is 331 g/mol. The van der Waals surface area contributed by atoms with Gasteiger partial charge < -0.3 is 19.1 Å². The minimum Gasteiger partial charge on any atom is -0.348 e. The number of amides is 1. The van der Waals surface area contributed by atoms with Crippen molar-refractivity contribution in [3.8, 4) is 0 Å². The third-order valence-corrected chi connectivity index (χ3v) is 5.60. The van der Waals surface area contributed by atoms with E-state index >= 15 is 0 Å². The average Bonchev–Trinajstić information content (AvgIpc) is 2.94. The highest BCUT2D eigenvalue weighted by molar-refractivity contribution is 8.02. The average molecular weight is 331 g/mol. The van der Waals surface area contributed by atoms with Crippen LogP contribution in [0.25, 0.3) is 0 Å². The van der Waals surface area contributed by atoms with Crippen LogP contribution in [0.5, 0.6) is 0 Å². The van der Waals surface area contributed by atoms with Crippen LogP contribution in [0.4, 0.5) is 0 Å². The van der Waals surface area contributed by atoms with Gasteiger partial charge in [-0.3, -0.25) is 4.79 Å². The Hall–Kier alpha value is -0.600. The highest BCUT2D eigenvalue weighted by Crippen LogP contribution is 2.46. The van der Waals surface area contributed by atoms with Crippen molar-refractivity contribution in [3.05, 3.63) is 17.0 Å². The number of methoxy groups -OCH3 is 1. The van der Waals surface area contributed by atoms with Crippen molar-refractivity contribution in [2.45, 2.75) is 35.4 Å². The molecule has 118 valence electrons. The topological polar surface area (TPSA) is 48.0 Å². The molecule has 0 bridgehead atoms. The number of nitrogens with zero attached hydrogens (tertiary/aromatic N) is 1. The highest BCUT2D eigenvalue weighted by atomic mass is 32.2. The Bertz CT molecular complexity index is 477. The van der Waals surface area contributed by atoms with Gasteiger partial charge in [0.1, 0.15) is 0 Å². The number of rotatable bonds is 6. The Labute approximate surface area is 133 Å². The molecular weight excluding hydrogens is 310 g/mol. The summed E-state index contributed by atoms with van der Waals surface area (Å²) in [5.41, 5.74) is 1.12. The van der Waals surface area contributed by atoms with Gasteiger partial charge in [-0.25, -0.2) is 0 Å². The zero-order chi connectivity index (χ0) is 15.4. The molecule has 0 spiro atoms. The number of hydrogen-bond donors (Lipinski definition) is 0. The maximum absolute atomic E-state index is 12.2. The summed E-state index contributed by atoms with van der Waals surface area (Å²) < 4.78 is 17.6. The van der Waals surface area contributed by atoms with Gasteiger partial charge in [0.2, 0.25) is 5.91 Å². The smallest absolute Gasteiger partial charge is 0.271 e. The Morgan fingerprint density at radius 3 is 2.90 bits per heavy atom. The minimum atomic E-state index is -0.703. The third-order valence-electron chi connectivity index (χ3n) is 3.17. The fourth-order valence-corrected chi connectivity index (χ4v) is 4.73. The summed E-state index contributed by atoms with van der Waals surface area (Å²) in [7, 11) is 5.11. The quantitative estimate of drug-likeness (QED) is 0.750. The van der Waals surface area contributed by atoms with Crippen molar-refractivity contribution < 1.29 is 19.0 Å². The van der Waals surface area contributed by atoms with Crippen molar-refractivity contribution >= 4 is 29.0 Å². The number of thioether (sulfide) groups is 1. The molecule has 5 nitrogen and oxygen atoms in total. The first-order valence-electron chi connectivity index (χ1n) is 6.81. The Balaban J connectivity index is 2.14. The molecule has 0 saturated carbocycles. The second-order valence-electron chi connectivity index (χ2n) is 4.84. The zero-order valence-electron chi connectivity index (χ0n) is 12.7. The lowest BCUT2D eigenvalue weighted by Crippen LogP contribution is -2.35. The standard InChI is InChI=1S/C14H21NO4S2/c1-5-18-14(17-4)19-10-8-11(12(16)15(2)3)21-13-9(10)6-7-20-13/h6-7,10-11,14H,5,8H2,1-4H3. The summed E-state index contributed by atoms with van der Waals surface area (Å²) in [6.07, 6.45) is 0.441. The Kier molecular flexibility index (Phi) is 6.07. The third kappa shape index (κ3) is 3.98. The van der Waals surface area contributed by atoms with Gasteiger partial charge in [0.25, 0.3) is 6.48 Å². The van der Waals surface area contributed by atoms with Gasteiger partial charge in [-0.15, -0.1) is 23.1 Å². The van der Waals surface area contributed by atoms with Gasteiger partial charge >= 0.3 is 0 Å². The maximum Gasteiger partial charge on any atom is 0.271 e. The first kappa shape index (κ1) is 16.8. The van der Waals surface area contributed by atoms with E-state index in [0.717, 1.165) is 9.77 Å². The summed E-state index contributed by atoms with van der Waals surface area (Å²) in [6, 6.07) is 2.05. The fourth-order valence-electron chi connectivity index (χ4n) is 2.14. The number of carbonyl (C=O) groups excluding carboxylic acids is 1. The highest BCUT2D eigenvalue weighted by Gasteiger charge is 2.35. The summed E-state index contributed by atoms with van der Waals surface area (Å²) >= 11 is 3.26. The molecule has 1 aromatic rings. The van der Waals surface area contributed by atoms with Crippen LogP contribution in [0, 0.1) is 0 Å². The molecule has 21 heavy (non-hydrogen) atoms. The summed E-state index contributed by atoms with van der Waals surface area (Å²) in [5, 5.41) is 1.90. The number of ether oxygens (including phenoxy) is 3. The molecule has 0 saturated heterocycles. The molecular formula is C14H21NO4S2. The van der Waals surface area contributed by atoms with Crippen LogP contribution in [0.3, 0.4) is 0 Å². The van der Waals surface area contributed by atoms with Gasteiger partial charge in [-0.05, 0) is 24.8 Å². The molecule has 1 aromatic heterocycles. The lowest BCUT2D eigenvalue weighted by atomic mass is 10.1. The predicted octanol–water partition coefficient (Wildman–Crippen LogP) is 2.72. The summed E-state index contributed by atoms with van der Waals surface area (Å²) in [4.78, 5) is 13.9. The van der Waals surface area contributed by atoms with Crippen LogP contribution < -0.4 is 0 Å². The Morgan fingerprint density at radius 2 is 2.29 bits per heavy atom. The largest absolute Gasteiger partial charge is 0.348 e. The van der Waals surface area contributed by atoms with Gasteiger partial charge in [-0.2, -0.15) is 0 Å². The molecule has 2 heterocycles. The van der Waals surface area contributed by atoms with Crippen LogP contribution in [0.15, 0.2) is 15.7 Å². The lowest BCUT2D eigenvalue weighted by molar-refractivity contribution is -0.295. The molecule has 0 aromatic carbocycles. The van der Waals surface area contributed by atoms with E-state index in [9.17, 15) is 4.79 Å². The van der Waals surface area contributed by atoms with Crippen LogP contribution >= 0.6 is 23.1 Å². The molecule has 1 aliphatic rings. The van der Waals surface area contributed by atoms with Gasteiger partial charge in [0, 0.05) is 33.4 Å². The van der Waals surface area contributed by atoms with Crippen LogP contribution in [-0.2, 0) is 19.0 Å². The number of thiophene rings is 1. The fraction of sp³-hybridized carbons (Fsp3) is 0.643. The van der Waals surface area contributed by atoms with E-state index in [1.807, 2.05) is 18.4 Å². The SMILES string of the molecule is CCOC(OC)OC1CC(C(=O)N(C)C)Sc2sccc21. The summed E-state index contributed by atoms with van der Waals surface area (Å²) in [5.74, 6) is 0.109. The molecule has 3 unspecified atom stereocenters. The van der Waals surface area contributed by atoms with Gasteiger partial charge in [0.05, 0.1) is 15.6 Å². The van der Waals surface area contributed by atoms with E-state index < -0.39 is 6.48 Å². The zero-order valence-corrected chi connectivity index (χ0v) is 14.3. The van der Waals surface area contributed by atoms with Crippen molar-refractivity contribution in [2.75, 3.05) is 27.8 Å². The molecule has 0 aliphatic carbocycles. The van der Waals surface area contributed by atoms with Crippen molar-refractivity contribution in [1.82, 2.24) is 4.90 Å². The molecule has 3 atom stereocenters. The number of carbonyl (C=O) groups is 1. The second kappa shape index (κ2) is 7.60. The lowest BCUT2D eigenvalue weighted by Gasteiger charge is -2.31. The van der Waals surface area contributed by atoms with E-state index in [1.54, 1.807) is 49.2 Å². The van der Waals surface area contributed by atoms with Crippen molar-refractivity contribution in [3.63, 3.8) is 0 Å². The van der Waals surface area contributed by atoms with E-state index in [1.165, 1.54) is 0 Å². The summed E-state index contributed by atoms with van der Waals surface area (Å²) in [6.45, 7) is 1.70. The van der Waals surface area contributed by atoms with Crippen LogP contribution in [0.1, 0.15) is 25.0 Å². The van der Waals surface area contributed by atoms with Gasteiger partial charge in [-0.1, -0.05) is 0 Å². The number of fused-ring (bicyclic) bond motifs is 1. The van der Waals surface area contributed by atoms with E-state index in [2.05, 4.69) is 0 Å².